The van der Waals surface area contributed by atoms with Crippen LogP contribution in [0.3, 0.4) is 0 Å². The molecule has 5 heteroatoms. The van der Waals surface area contributed by atoms with E-state index in [2.05, 4.69) is 4.90 Å². The van der Waals surface area contributed by atoms with E-state index in [1.54, 1.807) is 0 Å². The van der Waals surface area contributed by atoms with Gasteiger partial charge < -0.3 is 15.7 Å². The number of hydrogen-bond donors (Lipinski definition) is 2. The summed E-state index contributed by atoms with van der Waals surface area (Å²) in [7, 11) is 0. The second-order valence-corrected chi connectivity index (χ2v) is 4.98. The van der Waals surface area contributed by atoms with Crippen molar-refractivity contribution in [3.63, 3.8) is 0 Å². The molecular formula is C12H22N2O3. The van der Waals surface area contributed by atoms with Crippen molar-refractivity contribution < 1.29 is 14.7 Å². The number of carboxylic acids is 1. The third-order valence-corrected chi connectivity index (χ3v) is 3.49. The Kier molecular flexibility index (Phi) is 5.41. The molecule has 1 amide bonds. The molecule has 1 unspecified atom stereocenters. The predicted octanol–water partition coefficient (Wildman–Crippen LogP) is 0.685. The lowest BCUT2D eigenvalue weighted by Gasteiger charge is -2.32. The molecule has 0 aliphatic carbocycles. The Morgan fingerprint density at radius 1 is 1.41 bits per heavy atom. The first-order valence-corrected chi connectivity index (χ1v) is 6.22. The molecule has 1 aliphatic rings. The third-order valence-electron chi connectivity index (χ3n) is 3.49. The maximum absolute atomic E-state index is 10.9. The van der Waals surface area contributed by atoms with E-state index in [1.807, 2.05) is 6.92 Å². The van der Waals surface area contributed by atoms with Crippen LogP contribution in [-0.2, 0) is 9.59 Å². The molecule has 5 nitrogen and oxygen atoms in total. The lowest BCUT2D eigenvalue weighted by Crippen LogP contribution is -2.39. The Labute approximate surface area is 102 Å². The highest BCUT2D eigenvalue weighted by molar-refractivity contribution is 5.76. The van der Waals surface area contributed by atoms with Crippen molar-refractivity contribution in [2.75, 3.05) is 19.6 Å². The molecule has 98 valence electrons. The van der Waals surface area contributed by atoms with Crippen molar-refractivity contribution in [1.29, 1.82) is 0 Å². The van der Waals surface area contributed by atoms with Crippen LogP contribution in [0.2, 0.25) is 0 Å². The van der Waals surface area contributed by atoms with Gasteiger partial charge in [-0.2, -0.15) is 0 Å². The summed E-state index contributed by atoms with van der Waals surface area (Å²) in [5.74, 6) is -0.551. The monoisotopic (exact) mass is 242 g/mol. The summed E-state index contributed by atoms with van der Waals surface area (Å²) in [6.45, 7) is 4.46. The zero-order chi connectivity index (χ0) is 12.8. The van der Waals surface area contributed by atoms with Gasteiger partial charge in [0.15, 0.2) is 0 Å². The Morgan fingerprint density at radius 3 is 2.47 bits per heavy atom. The number of primary amides is 1. The SMILES string of the molecule is CC(CN1CCC(CCC(=O)O)CC1)C(N)=O. The number of carboxylic acid groups (broad SMARTS) is 1. The van der Waals surface area contributed by atoms with E-state index in [9.17, 15) is 9.59 Å². The minimum absolute atomic E-state index is 0.106. The smallest absolute Gasteiger partial charge is 0.303 e. The predicted molar refractivity (Wildman–Crippen MR) is 64.4 cm³/mol. The topological polar surface area (TPSA) is 83.6 Å². The Morgan fingerprint density at radius 2 is 2.00 bits per heavy atom. The van der Waals surface area contributed by atoms with Crippen LogP contribution in [0.4, 0.5) is 0 Å². The van der Waals surface area contributed by atoms with Crippen molar-refractivity contribution in [3.05, 3.63) is 0 Å². The second kappa shape index (κ2) is 6.59. The van der Waals surface area contributed by atoms with Crippen LogP contribution in [0, 0.1) is 11.8 Å². The van der Waals surface area contributed by atoms with Crippen LogP contribution >= 0.6 is 0 Å². The summed E-state index contributed by atoms with van der Waals surface area (Å²) in [6, 6.07) is 0. The minimum atomic E-state index is -0.713. The second-order valence-electron chi connectivity index (χ2n) is 4.98. The van der Waals surface area contributed by atoms with Gasteiger partial charge in [0.05, 0.1) is 0 Å². The fraction of sp³-hybridized carbons (Fsp3) is 0.833. The molecule has 1 fully saturated rings. The molecular weight excluding hydrogens is 220 g/mol. The number of nitrogens with two attached hydrogens (primary N) is 1. The third kappa shape index (κ3) is 5.17. The van der Waals surface area contributed by atoms with E-state index >= 15 is 0 Å². The molecule has 0 radical (unpaired) electrons. The Balaban J connectivity index is 2.21. The van der Waals surface area contributed by atoms with Crippen LogP contribution in [0.5, 0.6) is 0 Å². The molecule has 0 aromatic carbocycles. The number of nitrogens with zero attached hydrogens (tertiary/aromatic N) is 1. The molecule has 1 atom stereocenters. The summed E-state index contributed by atoms with van der Waals surface area (Å²) >= 11 is 0. The van der Waals surface area contributed by atoms with Crippen LogP contribution in [0.1, 0.15) is 32.6 Å². The van der Waals surface area contributed by atoms with Crippen LogP contribution in [-0.4, -0.2) is 41.5 Å². The van der Waals surface area contributed by atoms with Crippen LogP contribution in [0.15, 0.2) is 0 Å². The molecule has 1 aliphatic heterocycles. The number of likely N-dealkylation sites (tertiary alicyclic amines) is 1. The van der Waals surface area contributed by atoms with Crippen LogP contribution in [0.25, 0.3) is 0 Å². The Hall–Kier alpha value is -1.10. The summed E-state index contributed by atoms with van der Waals surface area (Å²) in [6.07, 6.45) is 3.09. The fourth-order valence-corrected chi connectivity index (χ4v) is 2.26. The van der Waals surface area contributed by atoms with Crippen LogP contribution < -0.4 is 5.73 Å². The van der Waals surface area contributed by atoms with E-state index in [-0.39, 0.29) is 18.2 Å². The number of carbonyl (C=O) groups is 2. The van der Waals surface area contributed by atoms with Gasteiger partial charge in [-0.1, -0.05) is 6.92 Å². The maximum Gasteiger partial charge on any atom is 0.303 e. The first kappa shape index (κ1) is 14.0. The largest absolute Gasteiger partial charge is 0.481 e. The number of piperidine rings is 1. The van der Waals surface area contributed by atoms with E-state index in [1.165, 1.54) is 0 Å². The molecule has 17 heavy (non-hydrogen) atoms. The zero-order valence-electron chi connectivity index (χ0n) is 10.4. The molecule has 1 rings (SSSR count). The first-order chi connectivity index (χ1) is 7.99. The molecule has 0 aromatic rings. The van der Waals surface area contributed by atoms with Crippen molar-refractivity contribution in [1.82, 2.24) is 4.90 Å². The fourth-order valence-electron chi connectivity index (χ4n) is 2.26. The van der Waals surface area contributed by atoms with Crippen molar-refractivity contribution in [2.24, 2.45) is 17.6 Å². The quantitative estimate of drug-likeness (QED) is 0.717. The maximum atomic E-state index is 10.9. The van der Waals surface area contributed by atoms with Gasteiger partial charge in [-0.15, -0.1) is 0 Å². The van der Waals surface area contributed by atoms with E-state index < -0.39 is 5.97 Å². The lowest BCUT2D eigenvalue weighted by molar-refractivity contribution is -0.137. The standard InChI is InChI=1S/C12H22N2O3/c1-9(12(13)17)8-14-6-4-10(5-7-14)2-3-11(15)16/h9-10H,2-8H2,1H3,(H2,13,17)(H,15,16). The van der Waals surface area contributed by atoms with Gasteiger partial charge in [0.2, 0.25) is 5.91 Å². The van der Waals surface area contributed by atoms with Crippen molar-refractivity contribution >= 4 is 11.9 Å². The van der Waals surface area contributed by atoms with Gasteiger partial charge in [0, 0.05) is 18.9 Å². The molecule has 0 bridgehead atoms. The summed E-state index contributed by atoms with van der Waals surface area (Å²) in [4.78, 5) is 23.7. The highest BCUT2D eigenvalue weighted by atomic mass is 16.4. The molecule has 1 saturated heterocycles. The Bertz CT molecular complexity index is 273. The lowest BCUT2D eigenvalue weighted by atomic mass is 9.92. The minimum Gasteiger partial charge on any atom is -0.481 e. The van der Waals surface area contributed by atoms with E-state index in [4.69, 9.17) is 10.8 Å². The number of rotatable bonds is 6. The van der Waals surface area contributed by atoms with Gasteiger partial charge in [0.1, 0.15) is 0 Å². The van der Waals surface area contributed by atoms with Gasteiger partial charge >= 0.3 is 5.97 Å². The number of hydrogen-bond acceptors (Lipinski definition) is 3. The summed E-state index contributed by atoms with van der Waals surface area (Å²) in [5.41, 5.74) is 5.23. The molecule has 0 saturated carbocycles. The normalized spacial score (nSPS) is 20.1. The molecule has 0 aromatic heterocycles. The highest BCUT2D eigenvalue weighted by Crippen LogP contribution is 2.22. The number of amides is 1. The molecule has 1 heterocycles. The highest BCUT2D eigenvalue weighted by Gasteiger charge is 2.22. The average molecular weight is 242 g/mol. The van der Waals surface area contributed by atoms with Gasteiger partial charge in [-0.3, -0.25) is 9.59 Å². The van der Waals surface area contributed by atoms with Crippen molar-refractivity contribution in [2.45, 2.75) is 32.6 Å². The summed E-state index contributed by atoms with van der Waals surface area (Å²) in [5, 5.41) is 8.61. The zero-order valence-corrected chi connectivity index (χ0v) is 10.4. The van der Waals surface area contributed by atoms with E-state index in [0.717, 1.165) is 38.9 Å². The van der Waals surface area contributed by atoms with Crippen molar-refractivity contribution in [3.8, 4) is 0 Å². The molecule has 0 spiro atoms. The number of aliphatic carboxylic acids is 1. The number of carbonyl (C=O) groups excluding carboxylic acids is 1. The van der Waals surface area contributed by atoms with E-state index in [0.29, 0.717) is 5.92 Å². The van der Waals surface area contributed by atoms with Gasteiger partial charge in [-0.25, -0.2) is 0 Å². The first-order valence-electron chi connectivity index (χ1n) is 6.22. The summed E-state index contributed by atoms with van der Waals surface area (Å²) < 4.78 is 0. The van der Waals surface area contributed by atoms with Gasteiger partial charge in [0.25, 0.3) is 0 Å². The molecule has 3 N–H and O–H groups in total. The average Bonchev–Trinajstić information content (AvgIpc) is 2.28. The van der Waals surface area contributed by atoms with Gasteiger partial charge in [-0.05, 0) is 38.3 Å².